The summed E-state index contributed by atoms with van der Waals surface area (Å²) in [4.78, 5) is 27.0. The number of nitro benzene ring substituents is 1. The Morgan fingerprint density at radius 2 is 1.68 bits per heavy atom. The number of methoxy groups -OCH3 is 4. The van der Waals surface area contributed by atoms with Crippen molar-refractivity contribution in [1.29, 1.82) is 0 Å². The Morgan fingerprint density at radius 1 is 1.00 bits per heavy atom. The Hall–Kier alpha value is -4.32. The highest BCUT2D eigenvalue weighted by atomic mass is 16.6. The first-order valence-corrected chi connectivity index (χ1v) is 8.92. The number of esters is 1. The van der Waals surface area contributed by atoms with E-state index in [0.717, 1.165) is 0 Å². The first-order chi connectivity index (χ1) is 14.9. The second-order valence-corrected chi connectivity index (χ2v) is 6.14. The minimum atomic E-state index is -0.726. The van der Waals surface area contributed by atoms with Crippen molar-refractivity contribution in [3.63, 3.8) is 0 Å². The molecule has 9 heteroatoms. The summed E-state index contributed by atoms with van der Waals surface area (Å²) in [5.74, 6) is 6.48. The summed E-state index contributed by atoms with van der Waals surface area (Å²) < 4.78 is 20.7. The fourth-order valence-corrected chi connectivity index (χ4v) is 2.99. The normalized spacial score (nSPS) is 10.1. The van der Waals surface area contributed by atoms with Crippen molar-refractivity contribution in [2.75, 3.05) is 28.4 Å². The molecule has 2 aromatic carbocycles. The number of benzene rings is 2. The van der Waals surface area contributed by atoms with Crippen molar-refractivity contribution in [1.82, 2.24) is 4.98 Å². The van der Waals surface area contributed by atoms with E-state index in [2.05, 4.69) is 16.8 Å². The number of carbonyl (C=O) groups is 1. The van der Waals surface area contributed by atoms with Crippen LogP contribution in [0.25, 0.3) is 10.9 Å². The average molecular weight is 422 g/mol. The number of non-ortho nitro benzene ring substituents is 1. The third-order valence-corrected chi connectivity index (χ3v) is 4.42. The summed E-state index contributed by atoms with van der Waals surface area (Å²) in [6, 6.07) is 9.26. The van der Waals surface area contributed by atoms with Gasteiger partial charge in [-0.15, -0.1) is 0 Å². The molecule has 9 nitrogen and oxygen atoms in total. The van der Waals surface area contributed by atoms with Gasteiger partial charge in [0.25, 0.3) is 5.69 Å². The maximum absolute atomic E-state index is 12.1. The molecule has 158 valence electrons. The van der Waals surface area contributed by atoms with Crippen LogP contribution in [0, 0.1) is 22.0 Å². The Bertz CT molecular complexity index is 1220. The summed E-state index contributed by atoms with van der Waals surface area (Å²) in [6.45, 7) is 0. The highest BCUT2D eigenvalue weighted by Gasteiger charge is 2.19. The lowest BCUT2D eigenvalue weighted by Crippen LogP contribution is -2.06. The van der Waals surface area contributed by atoms with Crippen molar-refractivity contribution in [2.24, 2.45) is 0 Å². The fraction of sp³-hybridized carbons (Fsp3) is 0.182. The Balaban J connectivity index is 2.23. The number of fused-ring (bicyclic) bond motifs is 1. The molecule has 0 aliphatic heterocycles. The van der Waals surface area contributed by atoms with Gasteiger partial charge in [-0.2, -0.15) is 0 Å². The molecule has 0 radical (unpaired) electrons. The maximum atomic E-state index is 12.1. The van der Waals surface area contributed by atoms with Crippen LogP contribution in [-0.2, 0) is 4.74 Å². The molecule has 0 spiro atoms. The van der Waals surface area contributed by atoms with Crippen LogP contribution in [-0.4, -0.2) is 44.3 Å². The molecule has 1 aromatic heterocycles. The fourth-order valence-electron chi connectivity index (χ4n) is 2.99. The number of hydrogen-bond acceptors (Lipinski definition) is 8. The van der Waals surface area contributed by atoms with Crippen LogP contribution in [0.5, 0.6) is 17.2 Å². The van der Waals surface area contributed by atoms with Crippen molar-refractivity contribution in [3.8, 4) is 29.1 Å². The first kappa shape index (κ1) is 21.4. The highest BCUT2D eigenvalue weighted by molar-refractivity contribution is 5.97. The molecule has 3 aromatic rings. The summed E-state index contributed by atoms with van der Waals surface area (Å²) >= 11 is 0. The highest BCUT2D eigenvalue weighted by Crippen LogP contribution is 2.38. The van der Waals surface area contributed by atoms with Crippen LogP contribution in [0.1, 0.15) is 21.6 Å². The molecule has 0 aliphatic carbocycles. The van der Waals surface area contributed by atoms with Gasteiger partial charge in [0, 0.05) is 22.6 Å². The number of aromatic nitrogens is 1. The Morgan fingerprint density at radius 3 is 2.23 bits per heavy atom. The Kier molecular flexibility index (Phi) is 6.21. The Labute approximate surface area is 177 Å². The molecule has 0 amide bonds. The molecular weight excluding hydrogens is 404 g/mol. The van der Waals surface area contributed by atoms with Gasteiger partial charge < -0.3 is 18.9 Å². The van der Waals surface area contributed by atoms with Crippen molar-refractivity contribution in [2.45, 2.75) is 0 Å². The molecule has 0 bridgehead atoms. The number of carbonyl (C=O) groups excluding carboxylic acids is 1. The lowest BCUT2D eigenvalue weighted by atomic mass is 10.1. The van der Waals surface area contributed by atoms with E-state index in [1.165, 1.54) is 46.6 Å². The standard InChI is InChI=1S/C22H18N2O7/c1-28-18-10-13(11-19(29-2)21(18)30-3)8-9-14-12-16(22(25)31-4)23-20-15(14)6-5-7-17(20)24(26)27/h5-7,10-12H,1-4H3. The van der Waals surface area contributed by atoms with E-state index in [1.54, 1.807) is 18.2 Å². The van der Waals surface area contributed by atoms with Gasteiger partial charge in [-0.05, 0) is 18.2 Å². The molecule has 0 atom stereocenters. The zero-order valence-electron chi connectivity index (χ0n) is 17.2. The van der Waals surface area contributed by atoms with Gasteiger partial charge in [-0.3, -0.25) is 10.1 Å². The molecule has 0 aliphatic rings. The number of pyridine rings is 1. The summed E-state index contributed by atoms with van der Waals surface area (Å²) in [5, 5.41) is 11.9. The van der Waals surface area contributed by atoms with Gasteiger partial charge in [0.15, 0.2) is 17.2 Å². The molecule has 3 rings (SSSR count). The first-order valence-electron chi connectivity index (χ1n) is 8.92. The lowest BCUT2D eigenvalue weighted by Gasteiger charge is -2.12. The van der Waals surface area contributed by atoms with E-state index in [9.17, 15) is 14.9 Å². The van der Waals surface area contributed by atoms with Gasteiger partial charge in [0.2, 0.25) is 5.75 Å². The maximum Gasteiger partial charge on any atom is 0.356 e. The van der Waals surface area contributed by atoms with Crippen molar-refractivity contribution >= 4 is 22.6 Å². The van der Waals surface area contributed by atoms with Gasteiger partial charge in [-0.25, -0.2) is 9.78 Å². The monoisotopic (exact) mass is 422 g/mol. The van der Waals surface area contributed by atoms with Crippen molar-refractivity contribution < 1.29 is 28.7 Å². The van der Waals surface area contributed by atoms with Gasteiger partial charge in [0.1, 0.15) is 5.52 Å². The van der Waals surface area contributed by atoms with Gasteiger partial charge >= 0.3 is 5.97 Å². The van der Waals surface area contributed by atoms with E-state index < -0.39 is 10.9 Å². The minimum absolute atomic E-state index is 0.0459. The second kappa shape index (κ2) is 9.00. The number of ether oxygens (including phenoxy) is 4. The van der Waals surface area contributed by atoms with Crippen LogP contribution < -0.4 is 14.2 Å². The molecule has 0 saturated heterocycles. The number of rotatable bonds is 5. The van der Waals surface area contributed by atoms with E-state index >= 15 is 0 Å². The van der Waals surface area contributed by atoms with Gasteiger partial charge in [-0.1, -0.05) is 24.0 Å². The third kappa shape index (κ3) is 4.18. The molecule has 0 N–H and O–H groups in total. The SMILES string of the molecule is COC(=O)c1cc(C#Cc2cc(OC)c(OC)c(OC)c2)c2cccc([N+](=O)[O-])c2n1. The minimum Gasteiger partial charge on any atom is -0.493 e. The molecule has 31 heavy (non-hydrogen) atoms. The summed E-state index contributed by atoms with van der Waals surface area (Å²) in [7, 11) is 5.68. The molecule has 0 fully saturated rings. The number of nitrogens with zero attached hydrogens (tertiary/aromatic N) is 2. The molecule has 0 saturated carbocycles. The zero-order valence-corrected chi connectivity index (χ0v) is 17.2. The number of nitro groups is 1. The van der Waals surface area contributed by atoms with E-state index in [1.807, 2.05) is 0 Å². The second-order valence-electron chi connectivity index (χ2n) is 6.14. The lowest BCUT2D eigenvalue weighted by molar-refractivity contribution is -0.383. The van der Waals surface area contributed by atoms with E-state index in [4.69, 9.17) is 18.9 Å². The van der Waals surface area contributed by atoms with Gasteiger partial charge in [0.05, 0.1) is 33.4 Å². The molecule has 1 heterocycles. The summed E-state index contributed by atoms with van der Waals surface area (Å²) in [6.07, 6.45) is 0. The quantitative estimate of drug-likeness (QED) is 0.266. The number of hydrogen-bond donors (Lipinski definition) is 0. The predicted molar refractivity (Wildman–Crippen MR) is 112 cm³/mol. The van der Waals surface area contributed by atoms with Crippen LogP contribution in [0.4, 0.5) is 5.69 Å². The van der Waals surface area contributed by atoms with Crippen LogP contribution in [0.2, 0.25) is 0 Å². The zero-order chi connectivity index (χ0) is 22.5. The van der Waals surface area contributed by atoms with Crippen LogP contribution in [0.15, 0.2) is 36.4 Å². The largest absolute Gasteiger partial charge is 0.493 e. The van der Waals surface area contributed by atoms with Crippen LogP contribution >= 0.6 is 0 Å². The average Bonchev–Trinajstić information content (AvgIpc) is 2.80. The van der Waals surface area contributed by atoms with Crippen LogP contribution in [0.3, 0.4) is 0 Å². The molecular formula is C22H18N2O7. The predicted octanol–water partition coefficient (Wildman–Crippen LogP) is 3.36. The number of para-hydroxylation sites is 1. The topological polar surface area (TPSA) is 110 Å². The van der Waals surface area contributed by atoms with E-state index in [-0.39, 0.29) is 16.9 Å². The van der Waals surface area contributed by atoms with E-state index in [0.29, 0.717) is 33.8 Å². The smallest absolute Gasteiger partial charge is 0.356 e. The van der Waals surface area contributed by atoms with Crippen molar-refractivity contribution in [3.05, 3.63) is 63.3 Å². The molecule has 0 unspecified atom stereocenters. The third-order valence-electron chi connectivity index (χ3n) is 4.42. The summed E-state index contributed by atoms with van der Waals surface area (Å²) in [5.41, 5.74) is 0.648.